The third kappa shape index (κ3) is 9.92. The molecule has 0 saturated carbocycles. The number of pyridine rings is 2. The van der Waals surface area contributed by atoms with Crippen LogP contribution in [-0.2, 0) is 12.4 Å². The smallest absolute Gasteiger partial charge is 0.388 e. The van der Waals surface area contributed by atoms with Gasteiger partial charge in [0.05, 0.1) is 23.3 Å². The molecule has 0 aliphatic rings. The Morgan fingerprint density at radius 2 is 0.944 bits per heavy atom. The fraction of sp³-hybridized carbons (Fsp3) is 0.412. The number of fused-ring (bicyclic) bond motifs is 2. The molecule has 0 bridgehead atoms. The summed E-state index contributed by atoms with van der Waals surface area (Å²) < 4.78 is 79.3. The van der Waals surface area contributed by atoms with E-state index in [0.717, 1.165) is 24.5 Å². The molecule has 6 heterocycles. The average Bonchev–Trinajstić information content (AvgIpc) is 3.75. The number of aryl methyl sites for hydroxylation is 2. The first-order valence-corrected chi connectivity index (χ1v) is 16.5. The second-order valence-corrected chi connectivity index (χ2v) is 12.9. The summed E-state index contributed by atoms with van der Waals surface area (Å²) in [5.41, 5.74) is -2.44. The Labute approximate surface area is 305 Å². The summed E-state index contributed by atoms with van der Waals surface area (Å²) in [6.07, 6.45) is -4.16. The predicted octanol–water partition coefficient (Wildman–Crippen LogP) is 6.57. The summed E-state index contributed by atoms with van der Waals surface area (Å²) in [4.78, 5) is 23.4. The van der Waals surface area contributed by atoms with Crippen molar-refractivity contribution in [2.24, 2.45) is 0 Å². The number of aromatic nitrogens is 10. The number of alkyl halides is 6. The van der Waals surface area contributed by atoms with Gasteiger partial charge in [-0.05, 0) is 64.8 Å². The Morgan fingerprint density at radius 1 is 0.593 bits per heavy atom. The van der Waals surface area contributed by atoms with Gasteiger partial charge in [0, 0.05) is 35.9 Å². The van der Waals surface area contributed by atoms with Crippen LogP contribution in [0, 0.1) is 13.8 Å². The van der Waals surface area contributed by atoms with E-state index >= 15 is 0 Å². The van der Waals surface area contributed by atoms with Crippen molar-refractivity contribution in [1.82, 2.24) is 49.1 Å². The Kier molecular flexibility index (Phi) is 12.1. The molecular formula is C34H40F6N12O2. The first-order valence-electron chi connectivity index (χ1n) is 16.5. The molecule has 4 N–H and O–H groups in total. The second-order valence-electron chi connectivity index (χ2n) is 12.9. The van der Waals surface area contributed by atoms with Crippen molar-refractivity contribution in [3.8, 4) is 0 Å². The molecule has 0 aliphatic carbocycles. The van der Waals surface area contributed by atoms with E-state index in [2.05, 4.69) is 50.7 Å². The summed E-state index contributed by atoms with van der Waals surface area (Å²) >= 11 is 0. The van der Waals surface area contributed by atoms with Gasteiger partial charge in [-0.3, -0.25) is 9.97 Å². The van der Waals surface area contributed by atoms with Crippen molar-refractivity contribution in [3.63, 3.8) is 0 Å². The molecule has 14 nitrogen and oxygen atoms in total. The normalized spacial score (nSPS) is 13.4. The van der Waals surface area contributed by atoms with Gasteiger partial charge in [-0.25, -0.2) is 9.97 Å². The molecule has 0 saturated heterocycles. The lowest BCUT2D eigenvalue weighted by molar-refractivity contribution is -0.142. The van der Waals surface area contributed by atoms with E-state index < -0.39 is 47.0 Å². The highest BCUT2D eigenvalue weighted by Gasteiger charge is 2.36. The molecule has 2 atom stereocenters. The van der Waals surface area contributed by atoms with Crippen molar-refractivity contribution < 1.29 is 36.6 Å². The van der Waals surface area contributed by atoms with E-state index in [0.29, 0.717) is 45.7 Å². The van der Waals surface area contributed by atoms with Crippen LogP contribution in [0.4, 0.5) is 38.0 Å². The van der Waals surface area contributed by atoms with Gasteiger partial charge in [-0.2, -0.15) is 55.5 Å². The minimum atomic E-state index is -4.52. The van der Waals surface area contributed by atoms with Gasteiger partial charge >= 0.3 is 12.4 Å². The highest BCUT2D eigenvalue weighted by Crippen LogP contribution is 2.34. The van der Waals surface area contributed by atoms with Crippen molar-refractivity contribution in [2.45, 2.75) is 91.0 Å². The number of rotatable bonds is 8. The Balaban J connectivity index is 0.000000230. The van der Waals surface area contributed by atoms with Crippen molar-refractivity contribution in [3.05, 3.63) is 95.3 Å². The van der Waals surface area contributed by atoms with Gasteiger partial charge in [-0.15, -0.1) is 0 Å². The maximum absolute atomic E-state index is 12.7. The van der Waals surface area contributed by atoms with Crippen molar-refractivity contribution >= 4 is 23.2 Å². The lowest BCUT2D eigenvalue weighted by atomic mass is 9.92. The van der Waals surface area contributed by atoms with E-state index in [1.54, 1.807) is 53.7 Å². The second kappa shape index (κ2) is 15.8. The fourth-order valence-corrected chi connectivity index (χ4v) is 5.19. The number of nitrogens with zero attached hydrogens (tertiary/aromatic N) is 10. The summed E-state index contributed by atoms with van der Waals surface area (Å²) in [7, 11) is 0. The quantitative estimate of drug-likeness (QED) is 0.123. The molecule has 0 spiro atoms. The van der Waals surface area contributed by atoms with Gasteiger partial charge in [0.25, 0.3) is 11.6 Å². The Morgan fingerprint density at radius 3 is 1.22 bits per heavy atom. The van der Waals surface area contributed by atoms with Gasteiger partial charge < -0.3 is 20.8 Å². The maximum atomic E-state index is 12.7. The van der Waals surface area contributed by atoms with Crippen LogP contribution in [0.15, 0.2) is 61.4 Å². The van der Waals surface area contributed by atoms with Crippen molar-refractivity contribution in [1.29, 1.82) is 0 Å². The van der Waals surface area contributed by atoms with Crippen LogP contribution in [0.5, 0.6) is 0 Å². The van der Waals surface area contributed by atoms with Gasteiger partial charge in [0.2, 0.25) is 0 Å². The summed E-state index contributed by atoms with van der Waals surface area (Å²) in [5, 5.41) is 35.4. The molecule has 0 fully saturated rings. The molecule has 0 aromatic carbocycles. The van der Waals surface area contributed by atoms with Crippen LogP contribution in [0.25, 0.3) is 11.6 Å². The van der Waals surface area contributed by atoms with Crippen molar-refractivity contribution in [2.75, 3.05) is 10.6 Å². The average molecular weight is 763 g/mol. The van der Waals surface area contributed by atoms with E-state index in [1.165, 1.54) is 33.8 Å². The number of aliphatic hydroxyl groups is 2. The number of hydrogen-bond donors (Lipinski definition) is 4. The molecule has 6 aromatic heterocycles. The first kappa shape index (κ1) is 41.3. The standard InChI is InChI=1S/2C16H17F3N6O.C2H6/c2*1-9-6-12(25-14(23-9)21-8-22-25)24-13(15(2,3)26)10-4-5-11(20-7-10)16(17,18)19;1-2/h2*4-8,13,24,26H,1-3H3;1-2H3. The summed E-state index contributed by atoms with van der Waals surface area (Å²) in [6.45, 7) is 13.8. The zero-order valence-electron chi connectivity index (χ0n) is 30.6. The lowest BCUT2D eigenvalue weighted by Crippen LogP contribution is -2.35. The molecule has 290 valence electrons. The van der Waals surface area contributed by atoms with E-state index in [-0.39, 0.29) is 0 Å². The van der Waals surface area contributed by atoms with Crippen LogP contribution in [-0.4, -0.2) is 70.5 Å². The Hall–Kier alpha value is -5.50. The SMILES string of the molecule is CC.Cc1cc(NC(c2ccc(C(F)(F)F)nc2)C(C)(C)O)n2ncnc2n1.Cc1cc(NC(c2ccc(C(F)(F)F)nc2)C(C)(C)O)n2ncnc2n1. The zero-order chi connectivity index (χ0) is 40.2. The molecule has 6 aromatic rings. The molecule has 0 amide bonds. The van der Waals surface area contributed by atoms with E-state index in [9.17, 15) is 36.6 Å². The molecule has 0 aliphatic heterocycles. The molecule has 20 heteroatoms. The summed E-state index contributed by atoms with van der Waals surface area (Å²) in [6, 6.07) is 6.28. The van der Waals surface area contributed by atoms with Gasteiger partial charge in [0.15, 0.2) is 0 Å². The number of anilines is 2. The summed E-state index contributed by atoms with van der Waals surface area (Å²) in [5.74, 6) is 1.73. The maximum Gasteiger partial charge on any atom is 0.433 e. The molecule has 54 heavy (non-hydrogen) atoms. The van der Waals surface area contributed by atoms with E-state index in [1.807, 2.05) is 13.8 Å². The predicted molar refractivity (Wildman–Crippen MR) is 186 cm³/mol. The number of hydrogen-bond acceptors (Lipinski definition) is 12. The topological polar surface area (TPSA) is 176 Å². The van der Waals surface area contributed by atoms with Crippen LogP contribution < -0.4 is 10.6 Å². The largest absolute Gasteiger partial charge is 0.433 e. The minimum absolute atomic E-state index is 0.368. The highest BCUT2D eigenvalue weighted by atomic mass is 19.4. The minimum Gasteiger partial charge on any atom is -0.388 e. The third-order valence-electron chi connectivity index (χ3n) is 7.58. The first-order chi connectivity index (χ1) is 25.1. The third-order valence-corrected chi connectivity index (χ3v) is 7.58. The van der Waals surface area contributed by atoms with Crippen LogP contribution in [0.1, 0.15) is 87.5 Å². The lowest BCUT2D eigenvalue weighted by Gasteiger charge is -2.31. The fourth-order valence-electron chi connectivity index (χ4n) is 5.19. The zero-order valence-corrected chi connectivity index (χ0v) is 30.6. The number of nitrogens with one attached hydrogen (secondary N) is 2. The number of halogens is 6. The van der Waals surface area contributed by atoms with Gasteiger partial charge in [0.1, 0.15) is 35.7 Å². The molecule has 6 rings (SSSR count). The van der Waals surface area contributed by atoms with Crippen LogP contribution >= 0.6 is 0 Å². The van der Waals surface area contributed by atoms with Crippen LogP contribution in [0.2, 0.25) is 0 Å². The van der Waals surface area contributed by atoms with E-state index in [4.69, 9.17) is 0 Å². The highest BCUT2D eigenvalue weighted by molar-refractivity contribution is 5.48. The Bertz CT molecular complexity index is 1980. The monoisotopic (exact) mass is 762 g/mol. The molecule has 0 radical (unpaired) electrons. The molecular weight excluding hydrogens is 722 g/mol. The van der Waals surface area contributed by atoms with Gasteiger partial charge in [-0.1, -0.05) is 26.0 Å². The molecule has 2 unspecified atom stereocenters. The van der Waals surface area contributed by atoms with Crippen LogP contribution in [0.3, 0.4) is 0 Å².